The van der Waals surface area contributed by atoms with E-state index in [0.29, 0.717) is 29.8 Å². The third-order valence-electron chi connectivity index (χ3n) is 3.94. The second-order valence-electron chi connectivity index (χ2n) is 5.73. The van der Waals surface area contributed by atoms with Crippen LogP contribution in [-0.4, -0.2) is 34.2 Å². The monoisotopic (exact) mass is 336 g/mol. The van der Waals surface area contributed by atoms with Crippen LogP contribution in [0.5, 0.6) is 0 Å². The maximum atomic E-state index is 12.7. The molecular formula is C15H20N4O3S. The summed E-state index contributed by atoms with van der Waals surface area (Å²) >= 11 is 1.40. The fourth-order valence-corrected chi connectivity index (χ4v) is 3.64. The zero-order chi connectivity index (χ0) is 16.4. The lowest BCUT2D eigenvalue weighted by atomic mass is 9.91. The third-order valence-corrected chi connectivity index (χ3v) is 5.01. The maximum absolute atomic E-state index is 12.7. The van der Waals surface area contributed by atoms with Crippen molar-refractivity contribution in [1.29, 1.82) is 0 Å². The van der Waals surface area contributed by atoms with Crippen LogP contribution in [0.1, 0.15) is 51.0 Å². The van der Waals surface area contributed by atoms with Crippen LogP contribution in [-0.2, 0) is 4.74 Å². The number of amides is 1. The van der Waals surface area contributed by atoms with E-state index in [1.54, 1.807) is 6.92 Å². The first-order valence-corrected chi connectivity index (χ1v) is 8.49. The SMILES string of the molecule is Cc1noc([C@@H](NC(=O)c2sc(C)nc2C)C2CCOCC2)n1. The van der Waals surface area contributed by atoms with Crippen LogP contribution in [0.4, 0.5) is 0 Å². The number of carbonyl (C=O) groups is 1. The molecule has 0 unspecified atom stereocenters. The van der Waals surface area contributed by atoms with Gasteiger partial charge in [-0.15, -0.1) is 11.3 Å². The minimum absolute atomic E-state index is 0.138. The lowest BCUT2D eigenvalue weighted by Gasteiger charge is -2.28. The van der Waals surface area contributed by atoms with Crippen molar-refractivity contribution in [2.45, 2.75) is 39.7 Å². The van der Waals surface area contributed by atoms with Crippen LogP contribution in [0.25, 0.3) is 0 Å². The van der Waals surface area contributed by atoms with E-state index in [0.717, 1.165) is 23.5 Å². The topological polar surface area (TPSA) is 90.1 Å². The molecule has 23 heavy (non-hydrogen) atoms. The van der Waals surface area contributed by atoms with E-state index in [9.17, 15) is 4.79 Å². The van der Waals surface area contributed by atoms with E-state index < -0.39 is 0 Å². The molecule has 2 aromatic rings. The molecule has 2 aromatic heterocycles. The highest BCUT2D eigenvalue weighted by Gasteiger charge is 2.32. The molecule has 3 heterocycles. The molecule has 1 fully saturated rings. The van der Waals surface area contributed by atoms with Crippen LogP contribution in [0.3, 0.4) is 0 Å². The van der Waals surface area contributed by atoms with Crippen molar-refractivity contribution in [3.05, 3.63) is 27.3 Å². The lowest BCUT2D eigenvalue weighted by molar-refractivity contribution is 0.0468. The molecule has 1 aliphatic heterocycles. The standard InChI is InChI=1S/C15H20N4O3S/c1-8-13(23-10(3)16-8)14(20)18-12(11-4-6-21-7-5-11)15-17-9(2)19-22-15/h11-12H,4-7H2,1-3H3,(H,18,20)/t12-/m0/s1. The molecule has 0 aromatic carbocycles. The van der Waals surface area contributed by atoms with E-state index in [1.165, 1.54) is 11.3 Å². The van der Waals surface area contributed by atoms with Crippen LogP contribution in [0.15, 0.2) is 4.52 Å². The van der Waals surface area contributed by atoms with Gasteiger partial charge in [0, 0.05) is 13.2 Å². The number of aromatic nitrogens is 3. The molecule has 0 aliphatic carbocycles. The lowest BCUT2D eigenvalue weighted by Crippen LogP contribution is -2.36. The molecular weight excluding hydrogens is 316 g/mol. The highest BCUT2D eigenvalue weighted by atomic mass is 32.1. The van der Waals surface area contributed by atoms with Gasteiger partial charge in [-0.3, -0.25) is 4.79 Å². The van der Waals surface area contributed by atoms with E-state index in [-0.39, 0.29) is 17.9 Å². The van der Waals surface area contributed by atoms with Gasteiger partial charge in [-0.25, -0.2) is 4.98 Å². The summed E-state index contributed by atoms with van der Waals surface area (Å²) in [5.41, 5.74) is 0.748. The van der Waals surface area contributed by atoms with Crippen LogP contribution in [0.2, 0.25) is 0 Å². The van der Waals surface area contributed by atoms with Gasteiger partial charge in [0.15, 0.2) is 5.82 Å². The molecule has 1 N–H and O–H groups in total. The number of rotatable bonds is 4. The first-order chi connectivity index (χ1) is 11.0. The van der Waals surface area contributed by atoms with Gasteiger partial charge in [0.05, 0.1) is 10.7 Å². The predicted molar refractivity (Wildman–Crippen MR) is 84.4 cm³/mol. The summed E-state index contributed by atoms with van der Waals surface area (Å²) in [7, 11) is 0. The molecule has 1 atom stereocenters. The summed E-state index contributed by atoms with van der Waals surface area (Å²) in [5.74, 6) is 1.11. The van der Waals surface area contributed by atoms with E-state index in [4.69, 9.17) is 9.26 Å². The number of thiazole rings is 1. The number of nitrogens with one attached hydrogen (secondary N) is 1. The van der Waals surface area contributed by atoms with Crippen LogP contribution < -0.4 is 5.32 Å². The summed E-state index contributed by atoms with van der Waals surface area (Å²) < 4.78 is 10.7. The summed E-state index contributed by atoms with van der Waals surface area (Å²) in [6.45, 7) is 6.88. The number of carbonyl (C=O) groups excluding carboxylic acids is 1. The number of ether oxygens (including phenoxy) is 1. The van der Waals surface area contributed by atoms with Gasteiger partial charge in [0.25, 0.3) is 5.91 Å². The Hall–Kier alpha value is -1.80. The van der Waals surface area contributed by atoms with Crippen molar-refractivity contribution in [1.82, 2.24) is 20.4 Å². The highest BCUT2D eigenvalue weighted by molar-refractivity contribution is 7.13. The van der Waals surface area contributed by atoms with Crippen molar-refractivity contribution >= 4 is 17.2 Å². The Morgan fingerprint density at radius 3 is 2.57 bits per heavy atom. The molecule has 3 rings (SSSR count). The molecule has 0 bridgehead atoms. The van der Waals surface area contributed by atoms with Gasteiger partial charge < -0.3 is 14.6 Å². The molecule has 7 nitrogen and oxygen atoms in total. The largest absolute Gasteiger partial charge is 0.381 e. The summed E-state index contributed by atoms with van der Waals surface area (Å²) in [6.07, 6.45) is 1.71. The molecule has 0 saturated carbocycles. The van der Waals surface area contributed by atoms with E-state index >= 15 is 0 Å². The Labute approximate surface area is 138 Å². The summed E-state index contributed by atoms with van der Waals surface area (Å²) in [5, 5.41) is 7.80. The Bertz CT molecular complexity index is 691. The average molecular weight is 336 g/mol. The average Bonchev–Trinajstić information content (AvgIpc) is 3.11. The molecule has 0 radical (unpaired) electrons. The van der Waals surface area contributed by atoms with E-state index in [2.05, 4.69) is 20.4 Å². The smallest absolute Gasteiger partial charge is 0.263 e. The quantitative estimate of drug-likeness (QED) is 0.922. The maximum Gasteiger partial charge on any atom is 0.263 e. The van der Waals surface area contributed by atoms with E-state index in [1.807, 2.05) is 13.8 Å². The normalized spacial score (nSPS) is 17.2. The molecule has 1 aliphatic rings. The Morgan fingerprint density at radius 2 is 2.00 bits per heavy atom. The van der Waals surface area contributed by atoms with Gasteiger partial charge in [0.1, 0.15) is 10.9 Å². The summed E-state index contributed by atoms with van der Waals surface area (Å²) in [6, 6.07) is -0.297. The Balaban J connectivity index is 1.83. The Morgan fingerprint density at radius 1 is 1.26 bits per heavy atom. The number of hydrogen-bond donors (Lipinski definition) is 1. The third kappa shape index (κ3) is 3.59. The fourth-order valence-electron chi connectivity index (χ4n) is 2.82. The van der Waals surface area contributed by atoms with Crippen molar-refractivity contribution in [3.8, 4) is 0 Å². The fraction of sp³-hybridized carbons (Fsp3) is 0.600. The second kappa shape index (κ2) is 6.76. The van der Waals surface area contributed by atoms with Gasteiger partial charge in [-0.1, -0.05) is 5.16 Å². The van der Waals surface area contributed by atoms with Crippen LogP contribution in [0, 0.1) is 26.7 Å². The molecule has 8 heteroatoms. The van der Waals surface area contributed by atoms with Gasteiger partial charge >= 0.3 is 0 Å². The minimum Gasteiger partial charge on any atom is -0.381 e. The zero-order valence-corrected chi connectivity index (χ0v) is 14.3. The first-order valence-electron chi connectivity index (χ1n) is 7.67. The van der Waals surface area contributed by atoms with Crippen molar-refractivity contribution < 1.29 is 14.1 Å². The van der Waals surface area contributed by atoms with Gasteiger partial charge in [0.2, 0.25) is 5.89 Å². The van der Waals surface area contributed by atoms with Crippen molar-refractivity contribution in [3.63, 3.8) is 0 Å². The van der Waals surface area contributed by atoms with Crippen LogP contribution >= 0.6 is 11.3 Å². The first kappa shape index (κ1) is 16.1. The zero-order valence-electron chi connectivity index (χ0n) is 13.5. The molecule has 1 amide bonds. The highest BCUT2D eigenvalue weighted by Crippen LogP contribution is 2.30. The number of nitrogens with zero attached hydrogens (tertiary/aromatic N) is 3. The predicted octanol–water partition coefficient (Wildman–Crippen LogP) is 2.35. The molecule has 1 saturated heterocycles. The Kier molecular flexibility index (Phi) is 4.72. The molecule has 0 spiro atoms. The number of hydrogen-bond acceptors (Lipinski definition) is 7. The van der Waals surface area contributed by atoms with Crippen molar-refractivity contribution in [2.75, 3.05) is 13.2 Å². The second-order valence-corrected chi connectivity index (χ2v) is 6.93. The van der Waals surface area contributed by atoms with Gasteiger partial charge in [-0.2, -0.15) is 4.98 Å². The minimum atomic E-state index is -0.297. The number of aryl methyl sites for hydroxylation is 3. The van der Waals surface area contributed by atoms with Gasteiger partial charge in [-0.05, 0) is 39.5 Å². The van der Waals surface area contributed by atoms with Crippen molar-refractivity contribution in [2.24, 2.45) is 5.92 Å². The summed E-state index contributed by atoms with van der Waals surface area (Å²) in [4.78, 5) is 21.9. The molecule has 124 valence electrons.